The molecule has 2 saturated heterocycles. The topological polar surface area (TPSA) is 135 Å². The molecule has 0 unspecified atom stereocenters. The van der Waals surface area contributed by atoms with E-state index in [1.165, 1.54) is 25.3 Å². The first-order chi connectivity index (χ1) is 27.4. The molecule has 8 rings (SSSR count). The number of alkyl halides is 1. The van der Waals surface area contributed by atoms with Crippen LogP contribution < -0.4 is 19.7 Å². The van der Waals surface area contributed by atoms with Crippen LogP contribution in [0.4, 0.5) is 23.4 Å². The summed E-state index contributed by atoms with van der Waals surface area (Å²) in [4.78, 5) is 34.5. The fraction of sp³-hybridized carbons (Fsp3) is 0.390. The van der Waals surface area contributed by atoms with E-state index in [0.717, 1.165) is 19.4 Å². The lowest BCUT2D eigenvalue weighted by atomic mass is 9.92. The Bertz CT molecular complexity index is 2420. The number of anilines is 1. The van der Waals surface area contributed by atoms with Crippen LogP contribution in [-0.4, -0.2) is 93.2 Å². The predicted octanol–water partition coefficient (Wildman–Crippen LogP) is 6.26. The fourth-order valence-corrected chi connectivity index (χ4v) is 8.40. The summed E-state index contributed by atoms with van der Waals surface area (Å²) in [5.74, 6) is -0.963. The van der Waals surface area contributed by atoms with Crippen molar-refractivity contribution in [2.24, 2.45) is 0 Å². The second-order valence-electron chi connectivity index (χ2n) is 14.7. The number of carbonyl (C=O) groups excluding carboxylic acids is 1. The van der Waals surface area contributed by atoms with Gasteiger partial charge in [0.05, 0.1) is 41.4 Å². The van der Waals surface area contributed by atoms with Crippen molar-refractivity contribution in [2.45, 2.75) is 70.4 Å². The monoisotopic (exact) mass is 787 g/mol. The lowest BCUT2D eigenvalue weighted by Gasteiger charge is -2.31. The molecule has 2 N–H and O–H groups in total. The van der Waals surface area contributed by atoms with Gasteiger partial charge in [0.1, 0.15) is 29.9 Å². The molecule has 3 aliphatic heterocycles. The molecule has 2 aromatic heterocycles. The van der Waals surface area contributed by atoms with E-state index in [9.17, 15) is 9.18 Å². The number of methoxy groups -OCH3 is 1. The quantitative estimate of drug-likeness (QED) is 0.106. The van der Waals surface area contributed by atoms with Crippen molar-refractivity contribution in [3.8, 4) is 35.2 Å². The van der Waals surface area contributed by atoms with Crippen LogP contribution in [0, 0.1) is 29.8 Å². The number of benzene rings is 3. The number of carboxylic acid groups (broad SMARTS) is 1. The summed E-state index contributed by atoms with van der Waals surface area (Å²) in [5, 5.41) is 14.9. The number of halogens is 4. The summed E-state index contributed by atoms with van der Waals surface area (Å²) >= 11 is 0. The summed E-state index contributed by atoms with van der Waals surface area (Å²) in [5.41, 5.74) is -0.533. The van der Waals surface area contributed by atoms with Crippen LogP contribution in [0.25, 0.3) is 32.8 Å². The van der Waals surface area contributed by atoms with Gasteiger partial charge in [-0.15, -0.1) is 6.42 Å². The average molecular weight is 788 g/mol. The number of terminal acetylenes is 1. The number of hydrogen-bond donors (Lipinski definition) is 2. The van der Waals surface area contributed by atoms with Gasteiger partial charge in [0.25, 0.3) is 12.4 Å². The average Bonchev–Trinajstić information content (AvgIpc) is 3.81. The van der Waals surface area contributed by atoms with Gasteiger partial charge in [0.2, 0.25) is 0 Å². The SMILES string of the molecule is C#Cc1c(F)ccc2cccc(-c3c(F)c(OC)c4c(N5CCCn6nc(C(=O)NC(C)C)cc6C5)nc(OC[C@@]56CCCN5C[C@H](F)C6)nc4c3F)c12.O=CO. The Morgan fingerprint density at radius 1 is 1.12 bits per heavy atom. The lowest BCUT2D eigenvalue weighted by Crippen LogP contribution is -2.43. The summed E-state index contributed by atoms with van der Waals surface area (Å²) < 4.78 is 77.8. The molecule has 3 aliphatic rings. The Balaban J connectivity index is 0.00000160. The zero-order chi connectivity index (χ0) is 40.6. The van der Waals surface area contributed by atoms with Gasteiger partial charge in [-0.3, -0.25) is 19.2 Å². The highest BCUT2D eigenvalue weighted by Crippen LogP contribution is 2.46. The molecule has 0 radical (unpaired) electrons. The smallest absolute Gasteiger partial charge is 0.319 e. The molecule has 0 saturated carbocycles. The number of aromatic nitrogens is 4. The van der Waals surface area contributed by atoms with Crippen LogP contribution in [0.1, 0.15) is 61.3 Å². The number of amides is 1. The molecule has 5 heterocycles. The van der Waals surface area contributed by atoms with Gasteiger partial charge in [-0.25, -0.2) is 17.6 Å². The number of nitrogens with one attached hydrogen (secondary N) is 1. The number of carbonyl (C=O) groups is 2. The first kappa shape index (κ1) is 39.3. The summed E-state index contributed by atoms with van der Waals surface area (Å²) in [6.45, 7) is 5.64. The fourth-order valence-electron chi connectivity index (χ4n) is 8.40. The van der Waals surface area contributed by atoms with Gasteiger partial charge in [-0.05, 0) is 62.7 Å². The molecule has 12 nitrogen and oxygen atoms in total. The molecule has 1 amide bonds. The molecule has 16 heteroatoms. The standard InChI is InChI=1S/C40H39F4N7O3.CH2O2/c1-5-26-28(42)12-11-23-9-6-10-27(30(23)26)31-33(43)35-32(36(53-4)34(31)44)37(47-39(46-35)54-21-40-13-7-15-50(40)19-24(41)18-40)49-14-8-16-51-25(20-49)17-29(48-51)38(52)45-22(2)3;2-1-3/h1,6,9-12,17,22,24H,7-8,13-16,18-21H2,2-4H3,(H,45,52);1H,(H,2,3)/t24-,40+;/m1./s1. The van der Waals surface area contributed by atoms with E-state index in [-0.39, 0.29) is 82.3 Å². The summed E-state index contributed by atoms with van der Waals surface area (Å²) in [6.07, 6.45) is 7.19. The largest absolute Gasteiger partial charge is 0.493 e. The Morgan fingerprint density at radius 3 is 2.65 bits per heavy atom. The predicted molar refractivity (Wildman–Crippen MR) is 205 cm³/mol. The lowest BCUT2D eigenvalue weighted by molar-refractivity contribution is -0.122. The highest BCUT2D eigenvalue weighted by atomic mass is 19.1. The highest BCUT2D eigenvalue weighted by molar-refractivity contribution is 6.05. The molecular formula is C41H41F4N7O5. The first-order valence-corrected chi connectivity index (χ1v) is 18.6. The van der Waals surface area contributed by atoms with Crippen molar-refractivity contribution >= 4 is 39.9 Å². The maximum Gasteiger partial charge on any atom is 0.319 e. The summed E-state index contributed by atoms with van der Waals surface area (Å²) in [6, 6.07) is 8.88. The van der Waals surface area contributed by atoms with Crippen molar-refractivity contribution < 1.29 is 41.7 Å². The molecule has 0 spiro atoms. The maximum absolute atomic E-state index is 17.3. The van der Waals surface area contributed by atoms with Crippen molar-refractivity contribution in [3.63, 3.8) is 0 Å². The zero-order valence-electron chi connectivity index (χ0n) is 31.6. The van der Waals surface area contributed by atoms with E-state index >= 15 is 13.2 Å². The van der Waals surface area contributed by atoms with Crippen LogP contribution >= 0.6 is 0 Å². The number of hydrogen-bond acceptors (Lipinski definition) is 9. The van der Waals surface area contributed by atoms with Crippen LogP contribution in [0.3, 0.4) is 0 Å². The van der Waals surface area contributed by atoms with Gasteiger partial charge >= 0.3 is 6.01 Å². The molecule has 2 atom stereocenters. The Hall–Kier alpha value is -5.95. The van der Waals surface area contributed by atoms with Crippen LogP contribution in [0.15, 0.2) is 36.4 Å². The Labute approximate surface area is 325 Å². The van der Waals surface area contributed by atoms with Crippen LogP contribution in [-0.2, 0) is 17.9 Å². The molecule has 298 valence electrons. The van der Waals surface area contributed by atoms with E-state index in [1.54, 1.807) is 22.9 Å². The maximum atomic E-state index is 17.3. The third-order valence-corrected chi connectivity index (χ3v) is 10.8. The molecule has 2 fully saturated rings. The number of fused-ring (bicyclic) bond motifs is 4. The van der Waals surface area contributed by atoms with Crippen molar-refractivity contribution in [1.29, 1.82) is 0 Å². The Kier molecular flexibility index (Phi) is 11.0. The van der Waals surface area contributed by atoms with E-state index in [2.05, 4.69) is 26.2 Å². The minimum atomic E-state index is -1.05. The van der Waals surface area contributed by atoms with E-state index in [1.807, 2.05) is 18.7 Å². The van der Waals surface area contributed by atoms with Crippen molar-refractivity contribution in [3.05, 3.63) is 70.8 Å². The second-order valence-corrected chi connectivity index (χ2v) is 14.7. The summed E-state index contributed by atoms with van der Waals surface area (Å²) in [7, 11) is 1.27. The normalized spacial score (nSPS) is 19.1. The van der Waals surface area contributed by atoms with Crippen molar-refractivity contribution in [1.82, 2.24) is 30.0 Å². The molecule has 0 bridgehead atoms. The number of rotatable bonds is 8. The molecule has 0 aliphatic carbocycles. The molecular weight excluding hydrogens is 746 g/mol. The third-order valence-electron chi connectivity index (χ3n) is 10.8. The van der Waals surface area contributed by atoms with Crippen molar-refractivity contribution in [2.75, 3.05) is 38.3 Å². The highest BCUT2D eigenvalue weighted by Gasteiger charge is 2.49. The second kappa shape index (κ2) is 15.9. The van der Waals surface area contributed by atoms with Crippen LogP contribution in [0.5, 0.6) is 11.8 Å². The molecule has 5 aromatic rings. The number of nitrogens with zero attached hydrogens (tertiary/aromatic N) is 6. The molecule has 3 aromatic carbocycles. The number of ether oxygens (including phenoxy) is 2. The van der Waals surface area contributed by atoms with Gasteiger partial charge in [-0.1, -0.05) is 30.2 Å². The van der Waals surface area contributed by atoms with Gasteiger partial charge in [0.15, 0.2) is 23.1 Å². The third kappa shape index (κ3) is 7.16. The van der Waals surface area contributed by atoms with Gasteiger partial charge < -0.3 is 24.8 Å². The number of aryl methyl sites for hydroxylation is 1. The van der Waals surface area contributed by atoms with E-state index in [0.29, 0.717) is 43.6 Å². The van der Waals surface area contributed by atoms with E-state index < -0.39 is 34.7 Å². The van der Waals surface area contributed by atoms with Crippen LogP contribution in [0.2, 0.25) is 0 Å². The van der Waals surface area contributed by atoms with E-state index in [4.69, 9.17) is 30.8 Å². The van der Waals surface area contributed by atoms with Gasteiger partial charge in [-0.2, -0.15) is 15.1 Å². The molecule has 57 heavy (non-hydrogen) atoms. The zero-order valence-corrected chi connectivity index (χ0v) is 31.6. The van der Waals surface area contributed by atoms with Gasteiger partial charge in [0, 0.05) is 37.5 Å². The first-order valence-electron chi connectivity index (χ1n) is 18.6. The minimum Gasteiger partial charge on any atom is -0.493 e. The minimum absolute atomic E-state index is 0.0177. The Morgan fingerprint density at radius 2 is 1.91 bits per heavy atom.